The van der Waals surface area contributed by atoms with Gasteiger partial charge in [0.25, 0.3) is 0 Å². The van der Waals surface area contributed by atoms with Crippen LogP contribution in [0.4, 0.5) is 0 Å². The standard InChI is InChI=1S/C14H23BN2O2/c1-12(2)17-9-7-16(8-10-17)11-13-5-3-4-6-14(13)15(18)19/h3-6,12,18-19H,7-11H2,1-2H3. The van der Waals surface area contributed by atoms with E-state index in [1.165, 1.54) is 0 Å². The van der Waals surface area contributed by atoms with Crippen LogP contribution in [0, 0.1) is 0 Å². The van der Waals surface area contributed by atoms with Gasteiger partial charge in [0.1, 0.15) is 0 Å². The number of rotatable bonds is 4. The Kier molecular flexibility index (Phi) is 4.99. The molecule has 1 aliphatic rings. The monoisotopic (exact) mass is 262 g/mol. The summed E-state index contributed by atoms with van der Waals surface area (Å²) in [6.45, 7) is 9.49. The van der Waals surface area contributed by atoms with Gasteiger partial charge in [-0.15, -0.1) is 0 Å². The van der Waals surface area contributed by atoms with E-state index in [9.17, 15) is 10.0 Å². The zero-order valence-electron chi connectivity index (χ0n) is 11.8. The van der Waals surface area contributed by atoms with Crippen molar-refractivity contribution in [2.45, 2.75) is 26.4 Å². The minimum Gasteiger partial charge on any atom is -0.423 e. The minimum atomic E-state index is -1.38. The molecule has 0 aromatic heterocycles. The summed E-state index contributed by atoms with van der Waals surface area (Å²) in [5.74, 6) is 0. The van der Waals surface area contributed by atoms with Crippen molar-refractivity contribution in [3.8, 4) is 0 Å². The Balaban J connectivity index is 1.96. The highest BCUT2D eigenvalue weighted by molar-refractivity contribution is 6.59. The van der Waals surface area contributed by atoms with Crippen molar-refractivity contribution < 1.29 is 10.0 Å². The van der Waals surface area contributed by atoms with Crippen molar-refractivity contribution in [2.24, 2.45) is 0 Å². The predicted molar refractivity (Wildman–Crippen MR) is 78.3 cm³/mol. The third kappa shape index (κ3) is 3.80. The molecular weight excluding hydrogens is 239 g/mol. The molecule has 2 N–H and O–H groups in total. The summed E-state index contributed by atoms with van der Waals surface area (Å²) in [5, 5.41) is 18.8. The maximum absolute atomic E-state index is 9.38. The molecule has 0 aliphatic carbocycles. The highest BCUT2D eigenvalue weighted by Gasteiger charge is 2.21. The van der Waals surface area contributed by atoms with Crippen molar-refractivity contribution in [2.75, 3.05) is 26.2 Å². The summed E-state index contributed by atoms with van der Waals surface area (Å²) in [4.78, 5) is 4.85. The van der Waals surface area contributed by atoms with E-state index in [0.29, 0.717) is 11.5 Å². The summed E-state index contributed by atoms with van der Waals surface area (Å²) in [7, 11) is -1.38. The average Bonchev–Trinajstić information content (AvgIpc) is 2.39. The summed E-state index contributed by atoms with van der Waals surface area (Å²) >= 11 is 0. The van der Waals surface area contributed by atoms with E-state index in [1.807, 2.05) is 18.2 Å². The second-order valence-corrected chi connectivity index (χ2v) is 5.48. The van der Waals surface area contributed by atoms with Crippen LogP contribution in [0.3, 0.4) is 0 Å². The number of hydrogen-bond donors (Lipinski definition) is 2. The molecule has 0 saturated carbocycles. The topological polar surface area (TPSA) is 46.9 Å². The fourth-order valence-electron chi connectivity index (χ4n) is 2.61. The summed E-state index contributed by atoms with van der Waals surface area (Å²) in [5.41, 5.74) is 1.63. The molecule has 1 aromatic rings. The third-order valence-corrected chi connectivity index (χ3v) is 3.86. The summed E-state index contributed by atoms with van der Waals surface area (Å²) in [6, 6.07) is 8.16. The van der Waals surface area contributed by atoms with Crippen molar-refractivity contribution in [1.82, 2.24) is 9.80 Å². The Bertz CT molecular complexity index is 404. The van der Waals surface area contributed by atoms with Gasteiger partial charge in [-0.1, -0.05) is 24.3 Å². The van der Waals surface area contributed by atoms with Gasteiger partial charge in [-0.3, -0.25) is 9.80 Å². The van der Waals surface area contributed by atoms with E-state index in [4.69, 9.17) is 0 Å². The number of benzene rings is 1. The highest BCUT2D eigenvalue weighted by Crippen LogP contribution is 2.09. The first-order valence-corrected chi connectivity index (χ1v) is 6.98. The van der Waals surface area contributed by atoms with E-state index in [0.717, 1.165) is 38.3 Å². The quantitative estimate of drug-likeness (QED) is 0.743. The van der Waals surface area contributed by atoms with E-state index >= 15 is 0 Å². The largest absolute Gasteiger partial charge is 0.488 e. The van der Waals surface area contributed by atoms with E-state index in [1.54, 1.807) is 6.07 Å². The highest BCUT2D eigenvalue weighted by atomic mass is 16.4. The van der Waals surface area contributed by atoms with Crippen LogP contribution in [0.25, 0.3) is 0 Å². The van der Waals surface area contributed by atoms with Gasteiger partial charge in [-0.2, -0.15) is 0 Å². The lowest BCUT2D eigenvalue weighted by atomic mass is 9.77. The molecule has 1 heterocycles. The molecule has 104 valence electrons. The van der Waals surface area contributed by atoms with Crippen LogP contribution in [0.1, 0.15) is 19.4 Å². The lowest BCUT2D eigenvalue weighted by molar-refractivity contribution is 0.104. The van der Waals surface area contributed by atoms with Gasteiger partial charge in [0.05, 0.1) is 0 Å². The van der Waals surface area contributed by atoms with Gasteiger partial charge < -0.3 is 10.0 Å². The molecule has 0 unspecified atom stereocenters. The first kappa shape index (κ1) is 14.5. The second-order valence-electron chi connectivity index (χ2n) is 5.48. The Hall–Kier alpha value is -0.875. The van der Waals surface area contributed by atoms with Gasteiger partial charge in [0, 0.05) is 38.8 Å². The number of nitrogens with zero attached hydrogens (tertiary/aromatic N) is 2. The Labute approximate surface area is 115 Å². The van der Waals surface area contributed by atoms with Crippen LogP contribution in [0.15, 0.2) is 24.3 Å². The molecule has 0 amide bonds. The third-order valence-electron chi connectivity index (χ3n) is 3.86. The molecule has 5 heteroatoms. The average molecular weight is 262 g/mol. The molecule has 1 aliphatic heterocycles. The van der Waals surface area contributed by atoms with Crippen molar-refractivity contribution in [1.29, 1.82) is 0 Å². The SMILES string of the molecule is CC(C)N1CCN(Cc2ccccc2B(O)O)CC1. The van der Waals surface area contributed by atoms with Gasteiger partial charge in [-0.05, 0) is 24.9 Å². The first-order valence-electron chi connectivity index (χ1n) is 6.98. The molecule has 4 nitrogen and oxygen atoms in total. The zero-order chi connectivity index (χ0) is 13.8. The Morgan fingerprint density at radius 3 is 2.32 bits per heavy atom. The second kappa shape index (κ2) is 6.52. The normalized spacial score (nSPS) is 17.9. The molecule has 1 saturated heterocycles. The Morgan fingerprint density at radius 2 is 1.74 bits per heavy atom. The molecule has 0 atom stereocenters. The zero-order valence-corrected chi connectivity index (χ0v) is 11.8. The van der Waals surface area contributed by atoms with Crippen LogP contribution in [0.5, 0.6) is 0 Å². The summed E-state index contributed by atoms with van der Waals surface area (Å²) in [6.07, 6.45) is 0. The number of piperazine rings is 1. The molecular formula is C14H23BN2O2. The molecule has 0 spiro atoms. The fraction of sp³-hybridized carbons (Fsp3) is 0.571. The maximum atomic E-state index is 9.38. The Morgan fingerprint density at radius 1 is 1.11 bits per heavy atom. The van der Waals surface area contributed by atoms with Crippen molar-refractivity contribution >= 4 is 12.6 Å². The van der Waals surface area contributed by atoms with E-state index in [-0.39, 0.29) is 0 Å². The maximum Gasteiger partial charge on any atom is 0.488 e. The van der Waals surface area contributed by atoms with Crippen LogP contribution in [-0.4, -0.2) is 59.2 Å². The van der Waals surface area contributed by atoms with E-state index in [2.05, 4.69) is 23.6 Å². The number of hydrogen-bond acceptors (Lipinski definition) is 4. The van der Waals surface area contributed by atoms with E-state index < -0.39 is 7.12 Å². The van der Waals surface area contributed by atoms with Crippen LogP contribution >= 0.6 is 0 Å². The molecule has 0 radical (unpaired) electrons. The van der Waals surface area contributed by atoms with Crippen molar-refractivity contribution in [3.63, 3.8) is 0 Å². The molecule has 1 aromatic carbocycles. The first-order chi connectivity index (χ1) is 9.08. The van der Waals surface area contributed by atoms with Gasteiger partial charge in [0.2, 0.25) is 0 Å². The lowest BCUT2D eigenvalue weighted by Gasteiger charge is -2.37. The van der Waals surface area contributed by atoms with Crippen LogP contribution in [-0.2, 0) is 6.54 Å². The van der Waals surface area contributed by atoms with Crippen LogP contribution < -0.4 is 5.46 Å². The molecule has 19 heavy (non-hydrogen) atoms. The van der Waals surface area contributed by atoms with Crippen molar-refractivity contribution in [3.05, 3.63) is 29.8 Å². The fourth-order valence-corrected chi connectivity index (χ4v) is 2.61. The van der Waals surface area contributed by atoms with Crippen LogP contribution in [0.2, 0.25) is 0 Å². The predicted octanol–water partition coefficient (Wildman–Crippen LogP) is -0.108. The smallest absolute Gasteiger partial charge is 0.423 e. The molecule has 2 rings (SSSR count). The summed E-state index contributed by atoms with van der Waals surface area (Å²) < 4.78 is 0. The van der Waals surface area contributed by atoms with Gasteiger partial charge in [-0.25, -0.2) is 0 Å². The van der Waals surface area contributed by atoms with Gasteiger partial charge in [0.15, 0.2) is 0 Å². The molecule has 1 fully saturated rings. The lowest BCUT2D eigenvalue weighted by Crippen LogP contribution is -2.49. The minimum absolute atomic E-state index is 0.605. The van der Waals surface area contributed by atoms with Gasteiger partial charge >= 0.3 is 7.12 Å². The molecule has 0 bridgehead atoms.